The van der Waals surface area contributed by atoms with Gasteiger partial charge in [-0.2, -0.15) is 13.2 Å². The first-order valence-corrected chi connectivity index (χ1v) is 6.93. The summed E-state index contributed by atoms with van der Waals surface area (Å²) >= 11 is 0. The van der Waals surface area contributed by atoms with Crippen molar-refractivity contribution < 1.29 is 18.0 Å². The molecule has 1 amide bonds. The van der Waals surface area contributed by atoms with Gasteiger partial charge in [-0.15, -0.1) is 0 Å². The predicted octanol–water partition coefficient (Wildman–Crippen LogP) is 1.14. The molecule has 1 saturated heterocycles. The fourth-order valence-electron chi connectivity index (χ4n) is 2.64. The third-order valence-corrected chi connectivity index (χ3v) is 3.91. The summed E-state index contributed by atoms with van der Waals surface area (Å²) in [6.45, 7) is 0.126. The zero-order valence-electron chi connectivity index (χ0n) is 12.4. The van der Waals surface area contributed by atoms with E-state index in [1.165, 1.54) is 34.8 Å². The van der Waals surface area contributed by atoms with E-state index in [4.69, 9.17) is 0 Å². The Balaban J connectivity index is 1.99. The van der Waals surface area contributed by atoms with Crippen LogP contribution in [0.4, 0.5) is 13.2 Å². The molecule has 1 aromatic rings. The topological polar surface area (TPSA) is 54.3 Å². The van der Waals surface area contributed by atoms with Crippen LogP contribution < -0.4 is 10.9 Å². The highest BCUT2D eigenvalue weighted by atomic mass is 19.4. The van der Waals surface area contributed by atoms with Crippen LogP contribution in [0.1, 0.15) is 23.2 Å². The highest BCUT2D eigenvalue weighted by Gasteiger charge is 2.44. The second-order valence-corrected chi connectivity index (χ2v) is 5.61. The Hall–Kier alpha value is -1.83. The number of aromatic nitrogens is 1. The Morgan fingerprint density at radius 2 is 2.00 bits per heavy atom. The smallest absolute Gasteiger partial charge is 0.348 e. The standard InChI is InChI=1S/C14H18F3N3O2/c1-19-6-5-9(7-12(19)21)13(22)18-10-3-4-11(14(15,16)17)20(2)8-10/h5-7,10-11H,3-4,8H2,1-2H3,(H,18,22)/t10-,11+/m0/s1. The molecule has 0 aliphatic carbocycles. The first-order chi connectivity index (χ1) is 10.2. The summed E-state index contributed by atoms with van der Waals surface area (Å²) in [6.07, 6.45) is -2.58. The fourth-order valence-corrected chi connectivity index (χ4v) is 2.64. The largest absolute Gasteiger partial charge is 0.404 e. The van der Waals surface area contributed by atoms with E-state index in [1.807, 2.05) is 0 Å². The molecule has 8 heteroatoms. The lowest BCUT2D eigenvalue weighted by Crippen LogP contribution is -2.54. The number of nitrogens with zero attached hydrogens (tertiary/aromatic N) is 2. The summed E-state index contributed by atoms with van der Waals surface area (Å²) in [5.74, 6) is -0.443. The summed E-state index contributed by atoms with van der Waals surface area (Å²) in [4.78, 5) is 24.8. The van der Waals surface area contributed by atoms with Crippen LogP contribution in [0.3, 0.4) is 0 Å². The quantitative estimate of drug-likeness (QED) is 0.890. The van der Waals surface area contributed by atoms with Crippen LogP contribution in [0, 0.1) is 0 Å². The van der Waals surface area contributed by atoms with Crippen molar-refractivity contribution >= 4 is 5.91 Å². The number of hydrogen-bond acceptors (Lipinski definition) is 3. The second kappa shape index (κ2) is 6.12. The number of carbonyl (C=O) groups excluding carboxylic acids is 1. The molecular formula is C14H18F3N3O2. The van der Waals surface area contributed by atoms with E-state index in [0.717, 1.165) is 0 Å². The lowest BCUT2D eigenvalue weighted by atomic mass is 9.98. The minimum atomic E-state index is -4.25. The van der Waals surface area contributed by atoms with E-state index in [0.29, 0.717) is 0 Å². The highest BCUT2D eigenvalue weighted by Crippen LogP contribution is 2.30. The third kappa shape index (κ3) is 3.68. The fraction of sp³-hybridized carbons (Fsp3) is 0.571. The number of carbonyl (C=O) groups is 1. The minimum Gasteiger partial charge on any atom is -0.348 e. The van der Waals surface area contributed by atoms with Gasteiger partial charge in [0.15, 0.2) is 0 Å². The summed E-state index contributed by atoms with van der Waals surface area (Å²) < 4.78 is 39.6. The van der Waals surface area contributed by atoms with Crippen molar-refractivity contribution in [2.75, 3.05) is 13.6 Å². The molecule has 0 unspecified atom stereocenters. The summed E-state index contributed by atoms with van der Waals surface area (Å²) in [5.41, 5.74) is -0.103. The number of alkyl halides is 3. The third-order valence-electron chi connectivity index (χ3n) is 3.91. The number of nitrogens with one attached hydrogen (secondary N) is 1. The van der Waals surface area contributed by atoms with E-state index in [2.05, 4.69) is 5.32 Å². The molecule has 2 rings (SSSR count). The average Bonchev–Trinajstić information content (AvgIpc) is 2.40. The normalized spacial score (nSPS) is 23.3. The van der Waals surface area contributed by atoms with Gasteiger partial charge in [-0.25, -0.2) is 0 Å². The molecule has 2 atom stereocenters. The monoisotopic (exact) mass is 317 g/mol. The molecular weight excluding hydrogens is 299 g/mol. The van der Waals surface area contributed by atoms with Gasteiger partial charge in [0.2, 0.25) is 0 Å². The number of piperidine rings is 1. The van der Waals surface area contributed by atoms with Crippen molar-refractivity contribution in [1.82, 2.24) is 14.8 Å². The van der Waals surface area contributed by atoms with Crippen LogP contribution in [0.15, 0.2) is 23.1 Å². The van der Waals surface area contributed by atoms with E-state index in [1.54, 1.807) is 7.05 Å². The van der Waals surface area contributed by atoms with E-state index in [-0.39, 0.29) is 36.6 Å². The Labute approximate surface area is 125 Å². The maximum Gasteiger partial charge on any atom is 0.404 e. The number of rotatable bonds is 2. The van der Waals surface area contributed by atoms with Gasteiger partial charge >= 0.3 is 6.18 Å². The Morgan fingerprint density at radius 3 is 2.55 bits per heavy atom. The van der Waals surface area contributed by atoms with Crippen molar-refractivity contribution in [3.63, 3.8) is 0 Å². The average molecular weight is 317 g/mol. The van der Waals surface area contributed by atoms with Crippen LogP contribution in [0.25, 0.3) is 0 Å². The molecule has 1 aliphatic heterocycles. The van der Waals surface area contributed by atoms with Crippen molar-refractivity contribution in [2.24, 2.45) is 7.05 Å². The summed E-state index contributed by atoms with van der Waals surface area (Å²) in [6, 6.07) is 0.882. The van der Waals surface area contributed by atoms with Crippen LogP contribution >= 0.6 is 0 Å². The van der Waals surface area contributed by atoms with Gasteiger partial charge in [0.25, 0.3) is 11.5 Å². The molecule has 122 valence electrons. The van der Waals surface area contributed by atoms with Crippen LogP contribution in [-0.2, 0) is 7.05 Å². The molecule has 22 heavy (non-hydrogen) atoms. The molecule has 1 N–H and O–H groups in total. The van der Waals surface area contributed by atoms with Crippen molar-refractivity contribution in [2.45, 2.75) is 31.1 Å². The zero-order valence-corrected chi connectivity index (χ0v) is 12.4. The molecule has 1 aliphatic rings. The van der Waals surface area contributed by atoms with Gasteiger partial charge in [-0.05, 0) is 26.0 Å². The van der Waals surface area contributed by atoms with Gasteiger partial charge in [0, 0.05) is 37.5 Å². The summed E-state index contributed by atoms with van der Waals surface area (Å²) in [5, 5.41) is 2.69. The zero-order chi connectivity index (χ0) is 16.5. The molecule has 0 bridgehead atoms. The summed E-state index contributed by atoms with van der Waals surface area (Å²) in [7, 11) is 2.96. The number of likely N-dealkylation sites (N-methyl/N-ethyl adjacent to an activating group) is 1. The minimum absolute atomic E-state index is 0.0541. The number of aryl methyl sites for hydroxylation is 1. The predicted molar refractivity (Wildman–Crippen MR) is 74.6 cm³/mol. The van der Waals surface area contributed by atoms with E-state index in [9.17, 15) is 22.8 Å². The SMILES string of the molecule is CN1C[C@@H](NC(=O)c2ccn(C)c(=O)c2)CC[C@@H]1C(F)(F)F. The number of pyridine rings is 1. The van der Waals surface area contributed by atoms with Crippen LogP contribution in [-0.4, -0.2) is 47.2 Å². The van der Waals surface area contributed by atoms with Gasteiger partial charge in [0.05, 0.1) is 0 Å². The molecule has 0 aromatic carbocycles. The number of likely N-dealkylation sites (tertiary alicyclic amines) is 1. The number of hydrogen-bond donors (Lipinski definition) is 1. The maximum atomic E-state index is 12.8. The van der Waals surface area contributed by atoms with Gasteiger partial charge < -0.3 is 9.88 Å². The van der Waals surface area contributed by atoms with Crippen molar-refractivity contribution in [1.29, 1.82) is 0 Å². The lowest BCUT2D eigenvalue weighted by molar-refractivity contribution is -0.188. The Morgan fingerprint density at radius 1 is 1.32 bits per heavy atom. The molecule has 1 aromatic heterocycles. The number of amides is 1. The first-order valence-electron chi connectivity index (χ1n) is 6.93. The van der Waals surface area contributed by atoms with Crippen molar-refractivity contribution in [3.05, 3.63) is 34.2 Å². The molecule has 5 nitrogen and oxygen atoms in total. The molecule has 0 spiro atoms. The van der Waals surface area contributed by atoms with Crippen LogP contribution in [0.5, 0.6) is 0 Å². The lowest BCUT2D eigenvalue weighted by Gasteiger charge is -2.38. The molecule has 0 radical (unpaired) electrons. The van der Waals surface area contributed by atoms with Gasteiger partial charge in [-0.3, -0.25) is 14.5 Å². The van der Waals surface area contributed by atoms with Gasteiger partial charge in [0.1, 0.15) is 6.04 Å². The second-order valence-electron chi connectivity index (χ2n) is 5.61. The molecule has 2 heterocycles. The first kappa shape index (κ1) is 16.5. The Kier molecular flexibility index (Phi) is 4.60. The molecule has 0 saturated carbocycles. The Bertz CT molecular complexity index is 612. The number of halogens is 3. The van der Waals surface area contributed by atoms with Crippen molar-refractivity contribution in [3.8, 4) is 0 Å². The maximum absolute atomic E-state index is 12.8. The van der Waals surface area contributed by atoms with Gasteiger partial charge in [-0.1, -0.05) is 0 Å². The highest BCUT2D eigenvalue weighted by molar-refractivity contribution is 5.94. The van der Waals surface area contributed by atoms with E-state index < -0.39 is 18.1 Å². The van der Waals surface area contributed by atoms with E-state index >= 15 is 0 Å². The molecule has 1 fully saturated rings. The van der Waals surface area contributed by atoms with Crippen LogP contribution in [0.2, 0.25) is 0 Å².